The lowest BCUT2D eigenvalue weighted by Gasteiger charge is -2.23. The Hall–Kier alpha value is -3.92. The topological polar surface area (TPSA) is 104 Å². The number of halogens is 1. The van der Waals surface area contributed by atoms with Gasteiger partial charge in [0.1, 0.15) is 5.75 Å². The summed E-state index contributed by atoms with van der Waals surface area (Å²) in [5.74, 6) is -1.33. The van der Waals surface area contributed by atoms with Crippen molar-refractivity contribution in [3.63, 3.8) is 0 Å². The van der Waals surface area contributed by atoms with E-state index in [1.165, 1.54) is 46.2 Å². The van der Waals surface area contributed by atoms with Crippen molar-refractivity contribution in [2.45, 2.75) is 16.1 Å². The van der Waals surface area contributed by atoms with Crippen LogP contribution in [0.5, 0.6) is 5.75 Å². The maximum atomic E-state index is 13.3. The fraction of sp³-hybridized carbons (Fsp3) is 0.0714. The van der Waals surface area contributed by atoms with Gasteiger partial charge in [0, 0.05) is 10.8 Å². The fourth-order valence-corrected chi connectivity index (χ4v) is 6.12. The third-order valence-corrected chi connectivity index (χ3v) is 8.29. The number of rotatable bonds is 8. The Bertz CT molecular complexity index is 1550. The molecule has 0 bridgehead atoms. The number of nitrogens with zero attached hydrogens (tertiary/aromatic N) is 3. The quantitative estimate of drug-likeness (QED) is 0.146. The van der Waals surface area contributed by atoms with Gasteiger partial charge in [0.25, 0.3) is 5.91 Å². The molecule has 4 aromatic rings. The van der Waals surface area contributed by atoms with E-state index >= 15 is 0 Å². The van der Waals surface area contributed by atoms with Crippen LogP contribution in [-0.2, 0) is 15.3 Å². The van der Waals surface area contributed by atoms with Crippen molar-refractivity contribution in [1.82, 2.24) is 10.2 Å². The van der Waals surface area contributed by atoms with Crippen molar-refractivity contribution in [3.8, 4) is 5.75 Å². The van der Waals surface area contributed by atoms with Crippen molar-refractivity contribution in [2.75, 3.05) is 4.90 Å². The molecule has 1 unspecified atom stereocenters. The van der Waals surface area contributed by atoms with Gasteiger partial charge in [0.05, 0.1) is 11.6 Å². The number of aromatic hydroxyl groups is 1. The molecule has 0 saturated heterocycles. The molecule has 0 radical (unpaired) electrons. The van der Waals surface area contributed by atoms with E-state index in [0.717, 1.165) is 11.1 Å². The number of hydrogen-bond donors (Lipinski definition) is 2. The van der Waals surface area contributed by atoms with Crippen LogP contribution in [0.15, 0.2) is 101 Å². The molecule has 0 fully saturated rings. The van der Waals surface area contributed by atoms with Crippen LogP contribution in [0.25, 0.3) is 6.08 Å². The number of benzene rings is 3. The summed E-state index contributed by atoms with van der Waals surface area (Å²) < 4.78 is 0.598. The zero-order valence-corrected chi connectivity index (χ0v) is 22.1. The first kappa shape index (κ1) is 25.7. The van der Waals surface area contributed by atoms with E-state index in [4.69, 9.17) is 11.6 Å². The molecule has 0 aliphatic carbocycles. The van der Waals surface area contributed by atoms with E-state index in [0.29, 0.717) is 20.7 Å². The highest BCUT2D eigenvalue weighted by atomic mass is 35.5. The SMILES string of the molecule is O=C(C=Cc1ccccc1)C1=C(O)C(=O)N(c2nnc(SCc3ccccc3Cl)s2)C1c1ccc(O)cc1. The van der Waals surface area contributed by atoms with Gasteiger partial charge in [-0.15, -0.1) is 10.2 Å². The average molecular weight is 562 g/mol. The summed E-state index contributed by atoms with van der Waals surface area (Å²) in [5, 5.41) is 29.9. The highest BCUT2D eigenvalue weighted by molar-refractivity contribution is 8.00. The molecule has 1 atom stereocenters. The molecule has 1 aromatic heterocycles. The minimum atomic E-state index is -0.953. The molecule has 3 aromatic carbocycles. The van der Waals surface area contributed by atoms with Crippen LogP contribution in [0.3, 0.4) is 0 Å². The summed E-state index contributed by atoms with van der Waals surface area (Å²) >= 11 is 8.84. The Morgan fingerprint density at radius 1 is 1.00 bits per heavy atom. The maximum Gasteiger partial charge on any atom is 0.296 e. The van der Waals surface area contributed by atoms with Crippen LogP contribution in [0.4, 0.5) is 5.13 Å². The average Bonchev–Trinajstić information content (AvgIpc) is 3.50. The molecule has 5 rings (SSSR count). The minimum absolute atomic E-state index is 0.0313. The van der Waals surface area contributed by atoms with Crippen LogP contribution in [0, 0.1) is 0 Å². The Morgan fingerprint density at radius 2 is 1.71 bits per heavy atom. The Balaban J connectivity index is 1.46. The fourth-order valence-electron chi connectivity index (χ4n) is 3.97. The van der Waals surface area contributed by atoms with Crippen LogP contribution >= 0.6 is 34.7 Å². The maximum absolute atomic E-state index is 13.3. The summed E-state index contributed by atoms with van der Waals surface area (Å²) in [7, 11) is 0. The molecule has 1 aliphatic heterocycles. The van der Waals surface area contributed by atoms with Crippen molar-refractivity contribution >= 4 is 57.6 Å². The summed E-state index contributed by atoms with van der Waals surface area (Å²) in [5.41, 5.74) is 2.19. The molecule has 0 spiro atoms. The normalized spacial score (nSPS) is 15.6. The lowest BCUT2D eigenvalue weighted by molar-refractivity contribution is -0.117. The number of hydrogen-bond acceptors (Lipinski definition) is 8. The van der Waals surface area contributed by atoms with E-state index in [2.05, 4.69) is 10.2 Å². The second-order valence-electron chi connectivity index (χ2n) is 8.27. The summed E-state index contributed by atoms with van der Waals surface area (Å²) in [6.45, 7) is 0. The van der Waals surface area contributed by atoms with Crippen molar-refractivity contribution in [2.24, 2.45) is 0 Å². The number of phenols is 1. The van der Waals surface area contributed by atoms with E-state index in [1.807, 2.05) is 54.6 Å². The van der Waals surface area contributed by atoms with Gasteiger partial charge in [-0.25, -0.2) is 0 Å². The largest absolute Gasteiger partial charge is 0.508 e. The molecule has 38 heavy (non-hydrogen) atoms. The third-order valence-electron chi connectivity index (χ3n) is 5.82. The first-order valence-electron chi connectivity index (χ1n) is 11.4. The number of carbonyl (C=O) groups is 2. The van der Waals surface area contributed by atoms with Crippen LogP contribution in [0.2, 0.25) is 5.02 Å². The van der Waals surface area contributed by atoms with Crippen LogP contribution in [0.1, 0.15) is 22.7 Å². The predicted molar refractivity (Wildman–Crippen MR) is 149 cm³/mol. The molecule has 10 heteroatoms. The van der Waals surface area contributed by atoms with Gasteiger partial charge < -0.3 is 10.2 Å². The number of allylic oxidation sites excluding steroid dienone is 1. The zero-order valence-electron chi connectivity index (χ0n) is 19.7. The summed E-state index contributed by atoms with van der Waals surface area (Å²) in [6, 6.07) is 21.9. The number of carbonyl (C=O) groups excluding carboxylic acids is 2. The monoisotopic (exact) mass is 561 g/mol. The first-order chi connectivity index (χ1) is 18.4. The van der Waals surface area contributed by atoms with E-state index < -0.39 is 23.5 Å². The highest BCUT2D eigenvalue weighted by Gasteiger charge is 2.45. The third kappa shape index (κ3) is 5.35. The molecule has 0 saturated carbocycles. The van der Waals surface area contributed by atoms with Crippen LogP contribution < -0.4 is 4.90 Å². The van der Waals surface area contributed by atoms with Gasteiger partial charge in [0.2, 0.25) is 5.13 Å². The lowest BCUT2D eigenvalue weighted by atomic mass is 9.95. The molecule has 1 amide bonds. The van der Waals surface area contributed by atoms with Gasteiger partial charge in [0.15, 0.2) is 15.9 Å². The molecular formula is C28H20ClN3O4S2. The van der Waals surface area contributed by atoms with Gasteiger partial charge in [-0.3, -0.25) is 14.5 Å². The lowest BCUT2D eigenvalue weighted by Crippen LogP contribution is -2.30. The smallest absolute Gasteiger partial charge is 0.296 e. The second kappa shape index (κ2) is 11.2. The van der Waals surface area contributed by atoms with Gasteiger partial charge in [-0.05, 0) is 41.0 Å². The Morgan fingerprint density at radius 3 is 2.45 bits per heavy atom. The number of thioether (sulfide) groups is 1. The number of aliphatic hydroxyl groups excluding tert-OH is 1. The molecule has 190 valence electrons. The van der Waals surface area contributed by atoms with Crippen LogP contribution in [-0.4, -0.2) is 32.1 Å². The standard InChI is InChI=1S/C28H20ClN3O4S2/c29-21-9-5-4-8-19(21)16-37-28-31-30-27(38-28)32-24(18-11-13-20(33)14-12-18)23(25(35)26(32)36)22(34)15-10-17-6-2-1-3-7-17/h1-15,24,33,35H,16H2. The van der Waals surface area contributed by atoms with E-state index in [-0.39, 0.29) is 16.5 Å². The Labute approximate surface area is 231 Å². The summed E-state index contributed by atoms with van der Waals surface area (Å²) in [4.78, 5) is 27.9. The molecule has 7 nitrogen and oxygen atoms in total. The molecular weight excluding hydrogens is 542 g/mol. The highest BCUT2D eigenvalue weighted by Crippen LogP contribution is 2.43. The minimum Gasteiger partial charge on any atom is -0.508 e. The number of aromatic nitrogens is 2. The summed E-state index contributed by atoms with van der Waals surface area (Å²) in [6.07, 6.45) is 2.95. The number of amides is 1. The second-order valence-corrected chi connectivity index (χ2v) is 10.9. The number of phenolic OH excluding ortho intramolecular Hbond substituents is 1. The number of aliphatic hydroxyl groups is 1. The first-order valence-corrected chi connectivity index (χ1v) is 13.6. The molecule has 2 N–H and O–H groups in total. The van der Waals surface area contributed by atoms with E-state index in [9.17, 15) is 19.8 Å². The van der Waals surface area contributed by atoms with Crippen molar-refractivity contribution in [1.29, 1.82) is 0 Å². The van der Waals surface area contributed by atoms with E-state index in [1.54, 1.807) is 18.2 Å². The zero-order chi connectivity index (χ0) is 26.6. The van der Waals surface area contributed by atoms with Crippen molar-refractivity contribution in [3.05, 3.63) is 118 Å². The van der Waals surface area contributed by atoms with Crippen molar-refractivity contribution < 1.29 is 19.8 Å². The molecule has 2 heterocycles. The Kier molecular flexibility index (Phi) is 7.59. The van der Waals surface area contributed by atoms with Gasteiger partial charge >= 0.3 is 0 Å². The molecule has 1 aliphatic rings. The van der Waals surface area contributed by atoms with Gasteiger partial charge in [-0.1, -0.05) is 101 Å². The number of ketones is 1. The number of anilines is 1. The predicted octanol–water partition coefficient (Wildman–Crippen LogP) is 6.37. The van der Waals surface area contributed by atoms with Gasteiger partial charge in [-0.2, -0.15) is 0 Å².